The molecule has 0 aliphatic heterocycles. The summed E-state index contributed by atoms with van der Waals surface area (Å²) in [6, 6.07) is 0. The van der Waals surface area contributed by atoms with Crippen LogP contribution < -0.4 is 5.73 Å². The van der Waals surface area contributed by atoms with Crippen LogP contribution in [0.15, 0.2) is 0 Å². The molecule has 0 spiro atoms. The molecule has 0 radical (unpaired) electrons. The van der Waals surface area contributed by atoms with Crippen LogP contribution in [0.1, 0.15) is 46.0 Å². The largest absolute Gasteiger partial charge is 0.464 e. The third kappa shape index (κ3) is 6.38. The van der Waals surface area contributed by atoms with Gasteiger partial charge in [-0.25, -0.2) is 9.59 Å². The number of nitrogens with two attached hydrogens (primary N) is 1. The first kappa shape index (κ1) is 18.4. The van der Waals surface area contributed by atoms with Crippen molar-refractivity contribution in [2.75, 3.05) is 18.5 Å². The Morgan fingerprint density at radius 2 is 1.47 bits per heavy atom. The van der Waals surface area contributed by atoms with Gasteiger partial charge in [0.25, 0.3) is 0 Å². The van der Waals surface area contributed by atoms with Crippen molar-refractivity contribution in [2.45, 2.75) is 51.5 Å². The van der Waals surface area contributed by atoms with Crippen molar-refractivity contribution in [3.05, 3.63) is 0 Å². The highest BCUT2D eigenvalue weighted by Crippen LogP contribution is 2.17. The van der Waals surface area contributed by atoms with Crippen LogP contribution in [0.3, 0.4) is 0 Å². The molecule has 0 aliphatic rings. The Balaban J connectivity index is 4.49. The molecule has 0 saturated heterocycles. The quantitative estimate of drug-likeness (QED) is 0.286. The SMILES string of the molecule is CCOC(=O)C(N)(CCCCCCBr)C(=O)OCC. The summed E-state index contributed by atoms with van der Waals surface area (Å²) in [5.41, 5.74) is 4.25. The fourth-order valence-electron chi connectivity index (χ4n) is 1.66. The number of hydrogen-bond donors (Lipinski definition) is 1. The lowest BCUT2D eigenvalue weighted by atomic mass is 9.93. The molecule has 0 unspecified atom stereocenters. The lowest BCUT2D eigenvalue weighted by Gasteiger charge is -2.24. The first-order valence-corrected chi connectivity index (χ1v) is 7.84. The minimum Gasteiger partial charge on any atom is -0.464 e. The molecule has 0 fully saturated rings. The Hall–Kier alpha value is -0.620. The topological polar surface area (TPSA) is 78.6 Å². The van der Waals surface area contributed by atoms with E-state index in [0.29, 0.717) is 6.42 Å². The first-order valence-electron chi connectivity index (χ1n) is 6.72. The van der Waals surface area contributed by atoms with Crippen molar-refractivity contribution < 1.29 is 19.1 Å². The third-order valence-electron chi connectivity index (χ3n) is 2.73. The summed E-state index contributed by atoms with van der Waals surface area (Å²) in [6.07, 6.45) is 3.97. The lowest BCUT2D eigenvalue weighted by Crippen LogP contribution is -2.56. The van der Waals surface area contributed by atoms with E-state index < -0.39 is 17.5 Å². The number of ether oxygens (including phenoxy) is 2. The van der Waals surface area contributed by atoms with Crippen LogP contribution in [0.5, 0.6) is 0 Å². The number of carbonyl (C=O) groups excluding carboxylic acids is 2. The van der Waals surface area contributed by atoms with Crippen molar-refractivity contribution in [1.82, 2.24) is 0 Å². The Morgan fingerprint density at radius 1 is 1.00 bits per heavy atom. The van der Waals surface area contributed by atoms with Crippen LogP contribution in [-0.2, 0) is 19.1 Å². The van der Waals surface area contributed by atoms with Crippen molar-refractivity contribution in [3.8, 4) is 0 Å². The van der Waals surface area contributed by atoms with Gasteiger partial charge in [-0.1, -0.05) is 35.2 Å². The zero-order valence-electron chi connectivity index (χ0n) is 11.7. The number of rotatable bonds is 10. The smallest absolute Gasteiger partial charge is 0.337 e. The molecule has 19 heavy (non-hydrogen) atoms. The Labute approximate surface area is 123 Å². The Bertz CT molecular complexity index is 266. The molecule has 2 N–H and O–H groups in total. The van der Waals surface area contributed by atoms with Gasteiger partial charge in [-0.2, -0.15) is 0 Å². The van der Waals surface area contributed by atoms with Crippen molar-refractivity contribution in [1.29, 1.82) is 0 Å². The van der Waals surface area contributed by atoms with Gasteiger partial charge >= 0.3 is 11.9 Å². The van der Waals surface area contributed by atoms with Gasteiger partial charge in [0.05, 0.1) is 13.2 Å². The fraction of sp³-hybridized carbons (Fsp3) is 0.846. The molecule has 6 heteroatoms. The first-order chi connectivity index (χ1) is 9.02. The highest BCUT2D eigenvalue weighted by Gasteiger charge is 2.44. The van der Waals surface area contributed by atoms with Gasteiger partial charge in [-0.15, -0.1) is 0 Å². The summed E-state index contributed by atoms with van der Waals surface area (Å²) in [7, 11) is 0. The van der Waals surface area contributed by atoms with Crippen molar-refractivity contribution in [3.63, 3.8) is 0 Å². The fourth-order valence-corrected chi connectivity index (χ4v) is 2.06. The number of carbonyl (C=O) groups is 2. The minimum atomic E-state index is -1.67. The average Bonchev–Trinajstić information content (AvgIpc) is 2.38. The molecule has 0 rings (SSSR count). The Morgan fingerprint density at radius 3 is 1.89 bits per heavy atom. The normalized spacial score (nSPS) is 11.2. The monoisotopic (exact) mass is 337 g/mol. The molecule has 112 valence electrons. The molecule has 0 aromatic heterocycles. The summed E-state index contributed by atoms with van der Waals surface area (Å²) in [5.74, 6) is -1.40. The van der Waals surface area contributed by atoms with E-state index in [1.807, 2.05) is 0 Å². The standard InChI is InChI=1S/C13H24BrNO4/c1-3-18-11(16)13(15,12(17)19-4-2)9-7-5-6-8-10-14/h3-10,15H2,1-2H3. The molecule has 0 aromatic rings. The van der Waals surface area contributed by atoms with Gasteiger partial charge in [-0.05, 0) is 26.7 Å². The number of hydrogen-bond acceptors (Lipinski definition) is 5. The van der Waals surface area contributed by atoms with Crippen LogP contribution in [0, 0.1) is 0 Å². The van der Waals surface area contributed by atoms with E-state index in [9.17, 15) is 9.59 Å². The van der Waals surface area contributed by atoms with Crippen LogP contribution in [-0.4, -0.2) is 36.0 Å². The number of esters is 2. The molecule has 0 aromatic carbocycles. The molecule has 0 bridgehead atoms. The second-order valence-corrected chi connectivity index (χ2v) is 5.06. The third-order valence-corrected chi connectivity index (χ3v) is 3.29. The summed E-state index contributed by atoms with van der Waals surface area (Å²) in [4.78, 5) is 23.7. The molecule has 0 amide bonds. The van der Waals surface area contributed by atoms with Crippen LogP contribution in [0.25, 0.3) is 0 Å². The van der Waals surface area contributed by atoms with Crippen LogP contribution in [0.2, 0.25) is 0 Å². The molecule has 0 saturated carbocycles. The van der Waals surface area contributed by atoms with E-state index in [0.717, 1.165) is 24.6 Å². The minimum absolute atomic E-state index is 0.195. The lowest BCUT2D eigenvalue weighted by molar-refractivity contribution is -0.164. The highest BCUT2D eigenvalue weighted by molar-refractivity contribution is 9.09. The van der Waals surface area contributed by atoms with E-state index in [4.69, 9.17) is 15.2 Å². The molecule has 0 aliphatic carbocycles. The van der Waals surface area contributed by atoms with Crippen molar-refractivity contribution in [2.24, 2.45) is 5.73 Å². The summed E-state index contributed by atoms with van der Waals surface area (Å²) in [5, 5.41) is 0.955. The van der Waals surface area contributed by atoms with E-state index in [1.54, 1.807) is 13.8 Å². The van der Waals surface area contributed by atoms with Gasteiger partial charge < -0.3 is 15.2 Å². The molecular formula is C13H24BrNO4. The number of unbranched alkanes of at least 4 members (excludes halogenated alkanes) is 3. The summed E-state index contributed by atoms with van der Waals surface area (Å²) < 4.78 is 9.76. The van der Waals surface area contributed by atoms with Crippen LogP contribution >= 0.6 is 15.9 Å². The summed E-state index contributed by atoms with van der Waals surface area (Å²) >= 11 is 3.36. The second-order valence-electron chi connectivity index (χ2n) is 4.27. The Kier molecular flexibility index (Phi) is 9.87. The molecule has 5 nitrogen and oxygen atoms in total. The average molecular weight is 338 g/mol. The molecular weight excluding hydrogens is 314 g/mol. The van der Waals surface area contributed by atoms with Gasteiger partial charge in [0.15, 0.2) is 0 Å². The maximum absolute atomic E-state index is 11.8. The second kappa shape index (κ2) is 10.2. The van der Waals surface area contributed by atoms with Crippen molar-refractivity contribution >= 4 is 27.9 Å². The van der Waals surface area contributed by atoms with Gasteiger partial charge in [0.2, 0.25) is 5.54 Å². The maximum Gasteiger partial charge on any atom is 0.337 e. The zero-order valence-corrected chi connectivity index (χ0v) is 13.3. The van der Waals surface area contributed by atoms with E-state index >= 15 is 0 Å². The van der Waals surface area contributed by atoms with E-state index in [-0.39, 0.29) is 19.6 Å². The predicted molar refractivity (Wildman–Crippen MR) is 77.1 cm³/mol. The highest BCUT2D eigenvalue weighted by atomic mass is 79.9. The molecule has 0 atom stereocenters. The number of halogens is 1. The van der Waals surface area contributed by atoms with E-state index in [2.05, 4.69) is 15.9 Å². The summed E-state index contributed by atoms with van der Waals surface area (Å²) in [6.45, 7) is 3.75. The predicted octanol–water partition coefficient (Wildman–Crippen LogP) is 2.16. The van der Waals surface area contributed by atoms with Crippen LogP contribution in [0.4, 0.5) is 0 Å². The van der Waals surface area contributed by atoms with Gasteiger partial charge in [-0.3, -0.25) is 0 Å². The maximum atomic E-state index is 11.8. The van der Waals surface area contributed by atoms with Gasteiger partial charge in [0, 0.05) is 5.33 Å². The van der Waals surface area contributed by atoms with Gasteiger partial charge in [0.1, 0.15) is 0 Å². The van der Waals surface area contributed by atoms with E-state index in [1.165, 1.54) is 0 Å². The molecule has 0 heterocycles. The zero-order chi connectivity index (χ0) is 14.7. The number of alkyl halides is 1.